The van der Waals surface area contributed by atoms with E-state index in [1.807, 2.05) is 0 Å². The minimum Gasteiger partial charge on any atom is -0.283 e. The Bertz CT molecular complexity index is 453. The van der Waals surface area contributed by atoms with E-state index in [0.29, 0.717) is 12.8 Å². The fraction of sp³-hybridized carbons (Fsp3) is 1.00. The Morgan fingerprint density at radius 2 is 0.793 bits per heavy atom. The van der Waals surface area contributed by atoms with Crippen LogP contribution in [0.25, 0.3) is 0 Å². The molecule has 0 amide bonds. The van der Waals surface area contributed by atoms with Crippen molar-refractivity contribution in [1.82, 2.24) is 0 Å². The number of hydrogen-bond acceptors (Lipinski definition) is 2. The molecule has 0 aromatic rings. The van der Waals surface area contributed by atoms with Gasteiger partial charge in [0.05, 0.1) is 0 Å². The van der Waals surface area contributed by atoms with Gasteiger partial charge in [-0.2, -0.15) is 8.42 Å². The minimum absolute atomic E-state index is 0.0703. The summed E-state index contributed by atoms with van der Waals surface area (Å²) in [5, 5.41) is -2.45. The van der Waals surface area contributed by atoms with Gasteiger partial charge >= 0.3 is 0 Å². The molecule has 3 nitrogen and oxygen atoms in total. The van der Waals surface area contributed by atoms with Crippen molar-refractivity contribution in [2.24, 2.45) is 0 Å². The molecule has 0 fully saturated rings. The quantitative estimate of drug-likeness (QED) is 0.136. The molecule has 0 aromatic heterocycles. The van der Waals surface area contributed by atoms with Gasteiger partial charge in [-0.15, -0.1) is 0 Å². The van der Waals surface area contributed by atoms with Gasteiger partial charge in [0.1, 0.15) is 0 Å². The Balaban J connectivity index is 3.81. The molecule has 0 radical (unpaired) electrons. The molecule has 176 valence electrons. The molecular weight excluding hydrogens is 387 g/mol. The number of halogens is 1. The van der Waals surface area contributed by atoms with Crippen molar-refractivity contribution >= 4 is 10.1 Å². The summed E-state index contributed by atoms with van der Waals surface area (Å²) in [6.45, 7) is 4.40. The van der Waals surface area contributed by atoms with E-state index >= 15 is 0 Å². The van der Waals surface area contributed by atoms with Crippen LogP contribution in [0.15, 0.2) is 0 Å². The van der Waals surface area contributed by atoms with Gasteiger partial charge in [-0.1, -0.05) is 123 Å². The summed E-state index contributed by atoms with van der Waals surface area (Å²) in [6, 6.07) is 0. The fourth-order valence-electron chi connectivity index (χ4n) is 3.96. The summed E-state index contributed by atoms with van der Waals surface area (Å²) in [5.74, 6) is 0. The van der Waals surface area contributed by atoms with Gasteiger partial charge in [0, 0.05) is 0 Å². The molecule has 1 unspecified atom stereocenters. The number of hydrogen-bond donors (Lipinski definition) is 1. The Kier molecular flexibility index (Phi) is 18.5. The summed E-state index contributed by atoms with van der Waals surface area (Å²) in [7, 11) is -4.65. The fourth-order valence-corrected chi connectivity index (χ4v) is 4.76. The molecule has 0 aliphatic heterocycles. The van der Waals surface area contributed by atoms with E-state index in [-0.39, 0.29) is 12.8 Å². The lowest BCUT2D eigenvalue weighted by atomic mass is 10.0. The molecule has 0 saturated carbocycles. The van der Waals surface area contributed by atoms with Crippen molar-refractivity contribution in [2.45, 2.75) is 154 Å². The molecule has 29 heavy (non-hydrogen) atoms. The smallest absolute Gasteiger partial charge is 0.283 e. The standard InChI is InChI=1S/C24H49FO3S/c1-3-5-7-9-11-12-13-14-15-17-19-21-23-24(25,29(26,27)28)22-20-18-16-10-8-6-4-2/h3-23H2,1-2H3,(H,26,27,28). The van der Waals surface area contributed by atoms with Crippen molar-refractivity contribution in [3.05, 3.63) is 0 Å². The molecule has 1 N–H and O–H groups in total. The molecule has 0 heterocycles. The molecular formula is C24H49FO3S. The van der Waals surface area contributed by atoms with Crippen LogP contribution >= 0.6 is 0 Å². The summed E-state index contributed by atoms with van der Waals surface area (Å²) in [5.41, 5.74) is 0. The summed E-state index contributed by atoms with van der Waals surface area (Å²) in [4.78, 5) is 0. The Morgan fingerprint density at radius 1 is 0.552 bits per heavy atom. The molecule has 0 aliphatic rings. The molecule has 0 spiro atoms. The van der Waals surface area contributed by atoms with Crippen LogP contribution in [0.2, 0.25) is 0 Å². The zero-order chi connectivity index (χ0) is 21.8. The van der Waals surface area contributed by atoms with Crippen LogP contribution in [-0.2, 0) is 10.1 Å². The largest absolute Gasteiger partial charge is 0.300 e. The molecule has 1 atom stereocenters. The predicted molar refractivity (Wildman–Crippen MR) is 124 cm³/mol. The highest BCUT2D eigenvalue weighted by Crippen LogP contribution is 2.32. The highest BCUT2D eigenvalue weighted by Gasteiger charge is 2.42. The lowest BCUT2D eigenvalue weighted by Gasteiger charge is -2.22. The topological polar surface area (TPSA) is 54.4 Å². The second kappa shape index (κ2) is 18.6. The highest BCUT2D eigenvalue weighted by atomic mass is 32.2. The Hall–Kier alpha value is -0.160. The van der Waals surface area contributed by atoms with Gasteiger partial charge in [0.15, 0.2) is 0 Å². The maximum absolute atomic E-state index is 14.9. The van der Waals surface area contributed by atoms with Crippen molar-refractivity contribution in [3.63, 3.8) is 0 Å². The summed E-state index contributed by atoms with van der Waals surface area (Å²) >= 11 is 0. The normalized spacial score (nSPS) is 14.2. The SMILES string of the molecule is CCCCCCCCCCCCCCC(F)(CCCCCCCCC)S(=O)(=O)O. The van der Waals surface area contributed by atoms with Crippen molar-refractivity contribution in [3.8, 4) is 0 Å². The minimum atomic E-state index is -4.65. The van der Waals surface area contributed by atoms with Gasteiger partial charge in [0.2, 0.25) is 5.00 Å². The maximum Gasteiger partial charge on any atom is 0.300 e. The average Bonchev–Trinajstić information content (AvgIpc) is 2.67. The monoisotopic (exact) mass is 436 g/mol. The summed E-state index contributed by atoms with van der Waals surface area (Å²) < 4.78 is 47.4. The molecule has 5 heteroatoms. The first kappa shape index (κ1) is 28.8. The van der Waals surface area contributed by atoms with Crippen LogP contribution < -0.4 is 0 Å². The maximum atomic E-state index is 14.9. The first-order chi connectivity index (χ1) is 13.9. The van der Waals surface area contributed by atoms with E-state index in [0.717, 1.165) is 38.5 Å². The van der Waals surface area contributed by atoms with Crippen LogP contribution in [-0.4, -0.2) is 18.0 Å². The molecule has 0 aliphatic carbocycles. The average molecular weight is 437 g/mol. The lowest BCUT2D eigenvalue weighted by Crippen LogP contribution is -2.33. The first-order valence-corrected chi connectivity index (χ1v) is 14.0. The van der Waals surface area contributed by atoms with E-state index in [1.54, 1.807) is 0 Å². The van der Waals surface area contributed by atoms with Crippen LogP contribution in [0.4, 0.5) is 4.39 Å². The van der Waals surface area contributed by atoms with Crippen LogP contribution in [0.3, 0.4) is 0 Å². The van der Waals surface area contributed by atoms with Crippen LogP contribution in [0.1, 0.15) is 149 Å². The Morgan fingerprint density at radius 3 is 1.03 bits per heavy atom. The third-order valence-corrected chi connectivity index (χ3v) is 7.35. The van der Waals surface area contributed by atoms with E-state index in [1.165, 1.54) is 70.6 Å². The van der Waals surface area contributed by atoms with E-state index < -0.39 is 15.1 Å². The van der Waals surface area contributed by atoms with Gasteiger partial charge in [-0.05, 0) is 25.7 Å². The van der Waals surface area contributed by atoms with Crippen molar-refractivity contribution in [1.29, 1.82) is 0 Å². The first-order valence-electron chi connectivity index (χ1n) is 12.5. The molecule has 0 saturated heterocycles. The van der Waals surface area contributed by atoms with E-state index in [9.17, 15) is 17.4 Å². The van der Waals surface area contributed by atoms with Gasteiger partial charge in [-0.25, -0.2) is 4.39 Å². The number of rotatable bonds is 22. The van der Waals surface area contributed by atoms with Crippen molar-refractivity contribution in [2.75, 3.05) is 0 Å². The highest BCUT2D eigenvalue weighted by molar-refractivity contribution is 7.87. The van der Waals surface area contributed by atoms with Crippen molar-refractivity contribution < 1.29 is 17.4 Å². The zero-order valence-corrected chi connectivity index (χ0v) is 20.2. The van der Waals surface area contributed by atoms with Gasteiger partial charge < -0.3 is 0 Å². The molecule has 0 bridgehead atoms. The Labute approximate surface area is 181 Å². The number of alkyl halides is 1. The lowest BCUT2D eigenvalue weighted by molar-refractivity contribution is 0.203. The third kappa shape index (κ3) is 16.2. The second-order valence-electron chi connectivity index (χ2n) is 8.87. The van der Waals surface area contributed by atoms with Crippen LogP contribution in [0.5, 0.6) is 0 Å². The zero-order valence-electron chi connectivity index (χ0n) is 19.4. The second-order valence-corrected chi connectivity index (χ2v) is 10.6. The van der Waals surface area contributed by atoms with Gasteiger partial charge in [-0.3, -0.25) is 4.55 Å². The number of unbranched alkanes of at least 4 members (excludes halogenated alkanes) is 17. The van der Waals surface area contributed by atoms with Crippen LogP contribution in [0, 0.1) is 0 Å². The predicted octanol–water partition coefficient (Wildman–Crippen LogP) is 8.77. The van der Waals surface area contributed by atoms with E-state index in [2.05, 4.69) is 13.8 Å². The van der Waals surface area contributed by atoms with Gasteiger partial charge in [0.25, 0.3) is 10.1 Å². The molecule has 0 rings (SSSR count). The molecule has 0 aromatic carbocycles. The van der Waals surface area contributed by atoms with E-state index in [4.69, 9.17) is 0 Å². The summed E-state index contributed by atoms with van der Waals surface area (Å²) in [6.07, 6.45) is 20.9. The third-order valence-electron chi connectivity index (χ3n) is 6.02.